The van der Waals surface area contributed by atoms with E-state index in [0.29, 0.717) is 5.75 Å². The van der Waals surface area contributed by atoms with Crippen LogP contribution >= 0.6 is 0 Å². The summed E-state index contributed by atoms with van der Waals surface area (Å²) >= 11 is 0. The van der Waals surface area contributed by atoms with Gasteiger partial charge in [-0.15, -0.1) is 0 Å². The van der Waals surface area contributed by atoms with Crippen LogP contribution in [0.3, 0.4) is 0 Å². The monoisotopic (exact) mass is 336 g/mol. The SMILES string of the molecule is Cc1cc2c(cc1O)C=NC2.Cc1cc2c(cc1OC(C)C)C=NC2. The van der Waals surface area contributed by atoms with Gasteiger partial charge in [0.1, 0.15) is 11.5 Å². The van der Waals surface area contributed by atoms with E-state index in [1.165, 1.54) is 22.3 Å². The number of rotatable bonds is 2. The molecule has 25 heavy (non-hydrogen) atoms. The van der Waals surface area contributed by atoms with Gasteiger partial charge in [-0.2, -0.15) is 0 Å². The van der Waals surface area contributed by atoms with E-state index in [0.717, 1.165) is 30.0 Å². The molecule has 4 nitrogen and oxygen atoms in total. The summed E-state index contributed by atoms with van der Waals surface area (Å²) in [5.74, 6) is 1.34. The molecule has 2 aromatic carbocycles. The highest BCUT2D eigenvalue weighted by atomic mass is 16.5. The lowest BCUT2D eigenvalue weighted by atomic mass is 10.1. The minimum Gasteiger partial charge on any atom is -0.508 e. The van der Waals surface area contributed by atoms with Gasteiger partial charge in [0.05, 0.1) is 19.2 Å². The lowest BCUT2D eigenvalue weighted by Crippen LogP contribution is -2.07. The van der Waals surface area contributed by atoms with Gasteiger partial charge >= 0.3 is 0 Å². The zero-order valence-corrected chi connectivity index (χ0v) is 15.2. The van der Waals surface area contributed by atoms with Gasteiger partial charge in [0.25, 0.3) is 0 Å². The largest absolute Gasteiger partial charge is 0.508 e. The Morgan fingerprint density at radius 3 is 2.04 bits per heavy atom. The highest BCUT2D eigenvalue weighted by molar-refractivity contribution is 5.85. The van der Waals surface area contributed by atoms with E-state index >= 15 is 0 Å². The number of benzene rings is 2. The van der Waals surface area contributed by atoms with Crippen molar-refractivity contribution in [2.45, 2.75) is 46.9 Å². The van der Waals surface area contributed by atoms with Crippen LogP contribution in [0.2, 0.25) is 0 Å². The van der Waals surface area contributed by atoms with E-state index in [1.807, 2.05) is 33.1 Å². The number of ether oxygens (including phenoxy) is 1. The highest BCUT2D eigenvalue weighted by Crippen LogP contribution is 2.26. The molecule has 0 fully saturated rings. The summed E-state index contributed by atoms with van der Waals surface area (Å²) in [4.78, 5) is 8.33. The van der Waals surface area contributed by atoms with Gasteiger partial charge in [0, 0.05) is 23.6 Å². The number of aryl methyl sites for hydroxylation is 2. The normalized spacial score (nSPS) is 13.5. The average molecular weight is 336 g/mol. The predicted molar refractivity (Wildman–Crippen MR) is 102 cm³/mol. The number of phenolic OH excluding ortho intramolecular Hbond substituents is 1. The van der Waals surface area contributed by atoms with Crippen molar-refractivity contribution in [2.24, 2.45) is 9.98 Å². The van der Waals surface area contributed by atoms with Crippen molar-refractivity contribution in [3.63, 3.8) is 0 Å². The molecular formula is C21H24N2O2. The molecule has 2 heterocycles. The Balaban J connectivity index is 0.000000150. The van der Waals surface area contributed by atoms with Gasteiger partial charge in [-0.05, 0) is 74.2 Å². The molecular weight excluding hydrogens is 312 g/mol. The molecule has 0 bridgehead atoms. The Kier molecular flexibility index (Phi) is 4.88. The lowest BCUT2D eigenvalue weighted by Gasteiger charge is -2.13. The Hall–Kier alpha value is -2.62. The van der Waals surface area contributed by atoms with Crippen LogP contribution in [0.15, 0.2) is 34.3 Å². The van der Waals surface area contributed by atoms with Crippen LogP contribution in [0.25, 0.3) is 0 Å². The minimum atomic E-state index is 0.227. The third kappa shape index (κ3) is 3.90. The molecule has 0 amide bonds. The minimum absolute atomic E-state index is 0.227. The lowest BCUT2D eigenvalue weighted by molar-refractivity contribution is 0.240. The van der Waals surface area contributed by atoms with E-state index in [2.05, 4.69) is 29.0 Å². The third-order valence-corrected chi connectivity index (χ3v) is 4.24. The first-order valence-electron chi connectivity index (χ1n) is 8.56. The summed E-state index contributed by atoms with van der Waals surface area (Å²) in [6.07, 6.45) is 3.95. The summed E-state index contributed by atoms with van der Waals surface area (Å²) in [5.41, 5.74) is 6.88. The number of hydrogen-bond donors (Lipinski definition) is 1. The molecule has 1 N–H and O–H groups in total. The van der Waals surface area contributed by atoms with Crippen molar-refractivity contribution in [1.82, 2.24) is 0 Å². The standard InChI is InChI=1S/C12H15NO.C9H9NO/c1-8(2)14-12-5-11-7-13-6-10(11)4-9(12)3;1-6-2-7-4-10-5-8(7)3-9(6)11/h4-5,7-8H,6H2,1-3H3;2-3,5,11H,4H2,1H3. The Labute approximate surface area is 148 Å². The van der Waals surface area contributed by atoms with Gasteiger partial charge in [-0.25, -0.2) is 0 Å². The van der Waals surface area contributed by atoms with Crippen LogP contribution in [-0.2, 0) is 13.1 Å². The summed E-state index contributed by atoms with van der Waals surface area (Å²) in [6.45, 7) is 9.64. The molecule has 0 radical (unpaired) electrons. The van der Waals surface area contributed by atoms with Gasteiger partial charge in [0.2, 0.25) is 0 Å². The second kappa shape index (κ2) is 7.09. The Morgan fingerprint density at radius 2 is 1.44 bits per heavy atom. The average Bonchev–Trinajstić information content (AvgIpc) is 3.17. The van der Waals surface area contributed by atoms with E-state index in [-0.39, 0.29) is 6.10 Å². The number of hydrogen-bond acceptors (Lipinski definition) is 4. The second-order valence-corrected chi connectivity index (χ2v) is 6.76. The number of aromatic hydroxyl groups is 1. The smallest absolute Gasteiger partial charge is 0.123 e. The molecule has 0 aromatic heterocycles. The summed E-state index contributed by atoms with van der Waals surface area (Å²) in [7, 11) is 0. The number of phenols is 1. The third-order valence-electron chi connectivity index (χ3n) is 4.24. The molecule has 130 valence electrons. The summed E-state index contributed by atoms with van der Waals surface area (Å²) in [6, 6.07) is 8.00. The Bertz CT molecular complexity index is 851. The van der Waals surface area contributed by atoms with Crippen LogP contribution in [-0.4, -0.2) is 23.6 Å². The molecule has 0 atom stereocenters. The fourth-order valence-electron chi connectivity index (χ4n) is 2.92. The predicted octanol–water partition coefficient (Wildman–Crippen LogP) is 4.35. The van der Waals surface area contributed by atoms with Crippen molar-refractivity contribution in [2.75, 3.05) is 0 Å². The van der Waals surface area contributed by atoms with Crippen molar-refractivity contribution in [3.05, 3.63) is 57.6 Å². The zero-order chi connectivity index (χ0) is 18.0. The topological polar surface area (TPSA) is 54.2 Å². The molecule has 0 saturated heterocycles. The maximum Gasteiger partial charge on any atom is 0.123 e. The van der Waals surface area contributed by atoms with Crippen LogP contribution in [0.4, 0.5) is 0 Å². The Morgan fingerprint density at radius 1 is 0.880 bits per heavy atom. The van der Waals surface area contributed by atoms with Crippen molar-refractivity contribution in [3.8, 4) is 11.5 Å². The molecule has 0 aliphatic carbocycles. The summed E-state index contributed by atoms with van der Waals surface area (Å²) < 4.78 is 5.71. The fraction of sp³-hybridized carbons (Fsp3) is 0.333. The fourth-order valence-corrected chi connectivity index (χ4v) is 2.92. The first-order chi connectivity index (χ1) is 11.9. The van der Waals surface area contributed by atoms with Crippen molar-refractivity contribution in [1.29, 1.82) is 0 Å². The van der Waals surface area contributed by atoms with Crippen molar-refractivity contribution >= 4 is 12.4 Å². The van der Waals surface area contributed by atoms with Crippen molar-refractivity contribution < 1.29 is 9.84 Å². The molecule has 4 heteroatoms. The van der Waals surface area contributed by atoms with Gasteiger partial charge < -0.3 is 9.84 Å². The van der Waals surface area contributed by atoms with E-state index < -0.39 is 0 Å². The molecule has 0 unspecified atom stereocenters. The maximum absolute atomic E-state index is 9.32. The van der Waals surface area contributed by atoms with E-state index in [1.54, 1.807) is 12.3 Å². The first kappa shape index (κ1) is 17.2. The van der Waals surface area contributed by atoms with Gasteiger partial charge in [-0.1, -0.05) is 0 Å². The number of aliphatic imine (C=N–C) groups is 2. The molecule has 4 rings (SSSR count). The van der Waals surface area contributed by atoms with Crippen LogP contribution in [0.1, 0.15) is 47.2 Å². The molecule has 2 aliphatic heterocycles. The first-order valence-corrected chi connectivity index (χ1v) is 8.56. The van der Waals surface area contributed by atoms with E-state index in [4.69, 9.17) is 4.74 Å². The number of nitrogens with zero attached hydrogens (tertiary/aromatic N) is 2. The van der Waals surface area contributed by atoms with Crippen LogP contribution < -0.4 is 4.74 Å². The summed E-state index contributed by atoms with van der Waals surface area (Å²) in [5, 5.41) is 9.32. The quantitative estimate of drug-likeness (QED) is 0.886. The van der Waals surface area contributed by atoms with Crippen LogP contribution in [0, 0.1) is 13.8 Å². The number of fused-ring (bicyclic) bond motifs is 2. The molecule has 0 spiro atoms. The highest BCUT2D eigenvalue weighted by Gasteiger charge is 2.11. The van der Waals surface area contributed by atoms with Gasteiger partial charge in [0.15, 0.2) is 0 Å². The maximum atomic E-state index is 9.32. The van der Waals surface area contributed by atoms with Crippen LogP contribution in [0.5, 0.6) is 11.5 Å². The molecule has 2 aromatic rings. The van der Waals surface area contributed by atoms with Gasteiger partial charge in [-0.3, -0.25) is 9.98 Å². The zero-order valence-electron chi connectivity index (χ0n) is 15.2. The molecule has 0 saturated carbocycles. The molecule has 2 aliphatic rings. The second-order valence-electron chi connectivity index (χ2n) is 6.76. The van der Waals surface area contributed by atoms with E-state index in [9.17, 15) is 5.11 Å².